The lowest BCUT2D eigenvalue weighted by molar-refractivity contribution is 0.631. The van der Waals surface area contributed by atoms with Crippen LogP contribution in [0.4, 0.5) is 0 Å². The Labute approximate surface area is 141 Å². The predicted octanol–water partition coefficient (Wildman–Crippen LogP) is 6.09. The van der Waals surface area contributed by atoms with Gasteiger partial charge in [0.2, 0.25) is 0 Å². The van der Waals surface area contributed by atoms with E-state index in [9.17, 15) is 0 Å². The Kier molecular flexibility index (Phi) is 3.46. The highest BCUT2D eigenvalue weighted by molar-refractivity contribution is 5.85. The van der Waals surface area contributed by atoms with Crippen molar-refractivity contribution < 1.29 is 4.42 Å². The van der Waals surface area contributed by atoms with Gasteiger partial charge in [-0.3, -0.25) is 4.98 Å². The molecule has 0 aliphatic heterocycles. The number of furan rings is 1. The Hall–Kier alpha value is -2.87. The van der Waals surface area contributed by atoms with E-state index in [1.807, 2.05) is 12.3 Å². The van der Waals surface area contributed by atoms with Crippen LogP contribution in [0.1, 0.15) is 16.7 Å². The number of pyridine rings is 1. The van der Waals surface area contributed by atoms with Gasteiger partial charge < -0.3 is 4.42 Å². The van der Waals surface area contributed by atoms with Crippen LogP contribution in [0, 0.1) is 20.8 Å². The first-order chi connectivity index (χ1) is 11.6. The van der Waals surface area contributed by atoms with Crippen LogP contribution in [0.2, 0.25) is 0 Å². The first-order valence-electron chi connectivity index (χ1n) is 8.14. The van der Waals surface area contributed by atoms with Crippen LogP contribution >= 0.6 is 0 Å². The molecule has 4 rings (SSSR count). The van der Waals surface area contributed by atoms with Gasteiger partial charge in [0.25, 0.3) is 0 Å². The number of fused-ring (bicyclic) bond motifs is 1. The molecule has 0 N–H and O–H groups in total. The number of nitrogens with zero attached hydrogens (tertiary/aromatic N) is 1. The second-order valence-electron chi connectivity index (χ2n) is 6.46. The lowest BCUT2D eigenvalue weighted by Crippen LogP contribution is -1.85. The third-order valence-corrected chi connectivity index (χ3v) is 4.26. The Morgan fingerprint density at radius 1 is 0.708 bits per heavy atom. The first kappa shape index (κ1) is 14.7. The van der Waals surface area contributed by atoms with Gasteiger partial charge in [0, 0.05) is 28.8 Å². The molecule has 0 aliphatic carbocycles. The summed E-state index contributed by atoms with van der Waals surface area (Å²) in [5.41, 5.74) is 7.76. The molecule has 2 nitrogen and oxygen atoms in total. The minimum Gasteiger partial charge on any atom is -0.456 e. The molecule has 0 bridgehead atoms. The molecule has 2 aromatic heterocycles. The summed E-state index contributed by atoms with van der Waals surface area (Å²) in [5, 5.41) is 1.03. The Morgan fingerprint density at radius 2 is 1.42 bits per heavy atom. The summed E-state index contributed by atoms with van der Waals surface area (Å²) >= 11 is 0. The smallest absolute Gasteiger partial charge is 0.138 e. The number of rotatable bonds is 2. The second-order valence-corrected chi connectivity index (χ2v) is 6.46. The lowest BCUT2D eigenvalue weighted by Gasteiger charge is -2.04. The largest absolute Gasteiger partial charge is 0.456 e. The Morgan fingerprint density at radius 3 is 2.12 bits per heavy atom. The highest BCUT2D eigenvalue weighted by atomic mass is 16.3. The molecule has 0 atom stereocenters. The van der Waals surface area contributed by atoms with Crippen molar-refractivity contribution in [1.82, 2.24) is 4.98 Å². The quantitative estimate of drug-likeness (QED) is 0.448. The number of aromatic nitrogens is 1. The highest BCUT2D eigenvalue weighted by Gasteiger charge is 2.09. The van der Waals surface area contributed by atoms with Crippen LogP contribution in [-0.4, -0.2) is 4.98 Å². The predicted molar refractivity (Wildman–Crippen MR) is 99.1 cm³/mol. The van der Waals surface area contributed by atoms with Crippen molar-refractivity contribution in [1.29, 1.82) is 0 Å². The summed E-state index contributed by atoms with van der Waals surface area (Å²) < 4.78 is 6.08. The molecular weight excluding hydrogens is 294 g/mol. The maximum Gasteiger partial charge on any atom is 0.138 e. The van der Waals surface area contributed by atoms with E-state index in [-0.39, 0.29) is 0 Å². The van der Waals surface area contributed by atoms with Crippen LogP contribution in [0.3, 0.4) is 0 Å². The van der Waals surface area contributed by atoms with E-state index in [1.54, 1.807) is 0 Å². The van der Waals surface area contributed by atoms with Crippen molar-refractivity contribution in [2.45, 2.75) is 20.8 Å². The zero-order chi connectivity index (χ0) is 16.7. The zero-order valence-electron chi connectivity index (χ0n) is 14.1. The minimum atomic E-state index is 0.870. The van der Waals surface area contributed by atoms with E-state index in [0.717, 1.165) is 33.6 Å². The summed E-state index contributed by atoms with van der Waals surface area (Å²) in [6.07, 6.45) is 1.89. The van der Waals surface area contributed by atoms with Crippen molar-refractivity contribution in [2.24, 2.45) is 0 Å². The minimum absolute atomic E-state index is 0.870. The highest BCUT2D eigenvalue weighted by Crippen LogP contribution is 2.30. The van der Waals surface area contributed by atoms with E-state index in [1.165, 1.54) is 16.7 Å². The van der Waals surface area contributed by atoms with Gasteiger partial charge in [-0.1, -0.05) is 47.0 Å². The standard InChI is InChI=1S/C22H19NO/c1-14-4-6-17(7-5-14)21-11-19-13-23-20(12-22(19)24-21)18-9-15(2)8-16(3)10-18/h4-13H,1-3H3. The fourth-order valence-corrected chi connectivity index (χ4v) is 3.07. The molecule has 24 heavy (non-hydrogen) atoms. The molecule has 0 fully saturated rings. The molecule has 2 heterocycles. The number of hydrogen-bond acceptors (Lipinski definition) is 2. The van der Waals surface area contributed by atoms with Crippen LogP contribution in [0.15, 0.2) is 65.2 Å². The molecule has 0 radical (unpaired) electrons. The van der Waals surface area contributed by atoms with Crippen LogP contribution in [0.5, 0.6) is 0 Å². The fraction of sp³-hybridized carbons (Fsp3) is 0.136. The maximum absolute atomic E-state index is 6.08. The first-order valence-corrected chi connectivity index (χ1v) is 8.14. The molecule has 0 amide bonds. The van der Waals surface area contributed by atoms with E-state index in [0.29, 0.717) is 0 Å². The molecule has 0 saturated heterocycles. The van der Waals surface area contributed by atoms with Crippen LogP contribution in [0.25, 0.3) is 33.6 Å². The number of aryl methyl sites for hydroxylation is 3. The second kappa shape index (κ2) is 5.64. The summed E-state index contributed by atoms with van der Waals surface area (Å²) in [6, 6.07) is 18.9. The molecule has 2 heteroatoms. The molecule has 0 unspecified atom stereocenters. The van der Waals surface area contributed by atoms with Crippen molar-refractivity contribution >= 4 is 11.0 Å². The molecular formula is C22H19NO. The van der Waals surface area contributed by atoms with Gasteiger partial charge in [0.1, 0.15) is 11.3 Å². The monoisotopic (exact) mass is 313 g/mol. The molecule has 4 aromatic rings. The van der Waals surface area contributed by atoms with Gasteiger partial charge in [0.05, 0.1) is 5.69 Å². The molecule has 0 saturated carbocycles. The van der Waals surface area contributed by atoms with Crippen LogP contribution < -0.4 is 0 Å². The zero-order valence-corrected chi connectivity index (χ0v) is 14.1. The van der Waals surface area contributed by atoms with Gasteiger partial charge in [-0.25, -0.2) is 0 Å². The number of hydrogen-bond donors (Lipinski definition) is 0. The molecule has 0 aliphatic rings. The van der Waals surface area contributed by atoms with Crippen LogP contribution in [-0.2, 0) is 0 Å². The number of benzene rings is 2. The van der Waals surface area contributed by atoms with Crippen molar-refractivity contribution in [2.75, 3.05) is 0 Å². The van der Waals surface area contributed by atoms with E-state index in [4.69, 9.17) is 4.42 Å². The summed E-state index contributed by atoms with van der Waals surface area (Å²) in [5.74, 6) is 0.879. The molecule has 0 spiro atoms. The summed E-state index contributed by atoms with van der Waals surface area (Å²) in [6.45, 7) is 6.30. The topological polar surface area (TPSA) is 26.0 Å². The SMILES string of the molecule is Cc1ccc(-c2cc3cnc(-c4cc(C)cc(C)c4)cc3o2)cc1. The fourth-order valence-electron chi connectivity index (χ4n) is 3.07. The average molecular weight is 313 g/mol. The third-order valence-electron chi connectivity index (χ3n) is 4.26. The van der Waals surface area contributed by atoms with E-state index in [2.05, 4.69) is 74.3 Å². The van der Waals surface area contributed by atoms with E-state index < -0.39 is 0 Å². The van der Waals surface area contributed by atoms with Crippen molar-refractivity contribution in [3.05, 3.63) is 77.5 Å². The van der Waals surface area contributed by atoms with E-state index >= 15 is 0 Å². The Balaban J connectivity index is 1.79. The van der Waals surface area contributed by atoms with Gasteiger partial charge >= 0.3 is 0 Å². The Bertz CT molecular complexity index is 1010. The average Bonchev–Trinajstić information content (AvgIpc) is 2.97. The summed E-state index contributed by atoms with van der Waals surface area (Å²) in [4.78, 5) is 4.62. The van der Waals surface area contributed by atoms with Crippen molar-refractivity contribution in [3.63, 3.8) is 0 Å². The normalized spacial score (nSPS) is 11.1. The van der Waals surface area contributed by atoms with Crippen molar-refractivity contribution in [3.8, 4) is 22.6 Å². The van der Waals surface area contributed by atoms with Gasteiger partial charge in [0.15, 0.2) is 0 Å². The van der Waals surface area contributed by atoms with Gasteiger partial charge in [-0.15, -0.1) is 0 Å². The lowest BCUT2D eigenvalue weighted by atomic mass is 10.0. The third kappa shape index (κ3) is 2.71. The van der Waals surface area contributed by atoms with Gasteiger partial charge in [-0.2, -0.15) is 0 Å². The van der Waals surface area contributed by atoms with Gasteiger partial charge in [-0.05, 0) is 39.0 Å². The molecule has 2 aromatic carbocycles. The maximum atomic E-state index is 6.08. The molecule has 118 valence electrons. The summed E-state index contributed by atoms with van der Waals surface area (Å²) in [7, 11) is 0.